The van der Waals surface area contributed by atoms with Crippen LogP contribution in [-0.4, -0.2) is 17.2 Å². The molecule has 0 unspecified atom stereocenters. The van der Waals surface area contributed by atoms with Gasteiger partial charge in [-0.15, -0.1) is 0 Å². The summed E-state index contributed by atoms with van der Waals surface area (Å²) in [5.74, 6) is -1.08. The molecule has 3 aliphatic rings. The van der Waals surface area contributed by atoms with Gasteiger partial charge < -0.3 is 14.8 Å². The first kappa shape index (κ1) is 23.9. The van der Waals surface area contributed by atoms with Crippen molar-refractivity contribution in [2.24, 2.45) is 11.8 Å². The van der Waals surface area contributed by atoms with E-state index in [1.807, 2.05) is 56.3 Å². The van der Waals surface area contributed by atoms with Crippen molar-refractivity contribution >= 4 is 6.09 Å². The lowest BCUT2D eigenvalue weighted by Crippen LogP contribution is -2.41. The van der Waals surface area contributed by atoms with Crippen molar-refractivity contribution in [1.82, 2.24) is 10.3 Å². The van der Waals surface area contributed by atoms with E-state index in [0.29, 0.717) is 29.0 Å². The highest BCUT2D eigenvalue weighted by molar-refractivity contribution is 5.69. The van der Waals surface area contributed by atoms with E-state index in [1.54, 1.807) is 12.1 Å². The summed E-state index contributed by atoms with van der Waals surface area (Å²) in [6.07, 6.45) is 2.99. The summed E-state index contributed by atoms with van der Waals surface area (Å²) >= 11 is 0. The van der Waals surface area contributed by atoms with Crippen LogP contribution in [-0.2, 0) is 29.2 Å². The van der Waals surface area contributed by atoms with Gasteiger partial charge in [0.25, 0.3) is 5.92 Å². The van der Waals surface area contributed by atoms with E-state index in [4.69, 9.17) is 14.5 Å². The molecule has 0 aliphatic heterocycles. The van der Waals surface area contributed by atoms with Crippen LogP contribution >= 0.6 is 0 Å². The number of rotatable bonds is 7. The molecule has 6 rings (SSSR count). The molecule has 2 saturated carbocycles. The molecule has 37 heavy (non-hydrogen) atoms. The number of hydrogen-bond acceptors (Lipinski definition) is 4. The second-order valence-corrected chi connectivity index (χ2v) is 11.0. The van der Waals surface area contributed by atoms with E-state index in [0.717, 1.165) is 16.7 Å². The predicted molar refractivity (Wildman–Crippen MR) is 135 cm³/mol. The van der Waals surface area contributed by atoms with Gasteiger partial charge >= 0.3 is 6.09 Å². The van der Waals surface area contributed by atoms with Crippen molar-refractivity contribution < 1.29 is 23.0 Å². The molecule has 192 valence electrons. The van der Waals surface area contributed by atoms with Crippen molar-refractivity contribution in [2.75, 3.05) is 0 Å². The first-order valence-corrected chi connectivity index (χ1v) is 12.9. The van der Waals surface area contributed by atoms with Crippen LogP contribution in [0.5, 0.6) is 5.88 Å². The smallest absolute Gasteiger partial charge is 0.408 e. The van der Waals surface area contributed by atoms with Gasteiger partial charge in [-0.2, -0.15) is 0 Å². The van der Waals surface area contributed by atoms with Crippen LogP contribution in [0.1, 0.15) is 55.4 Å². The van der Waals surface area contributed by atoms with Crippen molar-refractivity contribution in [3.63, 3.8) is 0 Å². The molecule has 0 bridgehead atoms. The second kappa shape index (κ2) is 8.82. The average molecular weight is 505 g/mol. The summed E-state index contributed by atoms with van der Waals surface area (Å²) in [4.78, 5) is 17.4. The summed E-state index contributed by atoms with van der Waals surface area (Å²) in [7, 11) is 0. The van der Waals surface area contributed by atoms with E-state index >= 15 is 0 Å². The Morgan fingerprint density at radius 3 is 2.54 bits per heavy atom. The van der Waals surface area contributed by atoms with Gasteiger partial charge in [-0.05, 0) is 55.5 Å². The fraction of sp³-hybridized carbons (Fsp3) is 0.400. The number of pyridine rings is 1. The first-order valence-electron chi connectivity index (χ1n) is 12.9. The number of aromatic nitrogens is 1. The van der Waals surface area contributed by atoms with E-state index < -0.39 is 17.6 Å². The minimum absolute atomic E-state index is 0.0813. The number of ether oxygens (including phenoxy) is 2. The van der Waals surface area contributed by atoms with Crippen molar-refractivity contribution in [3.8, 4) is 17.1 Å². The summed E-state index contributed by atoms with van der Waals surface area (Å²) in [5, 5.41) is 2.96. The Morgan fingerprint density at radius 2 is 1.84 bits per heavy atom. The topological polar surface area (TPSA) is 60.5 Å². The van der Waals surface area contributed by atoms with Crippen molar-refractivity contribution in [2.45, 2.75) is 63.7 Å². The third kappa shape index (κ3) is 4.67. The fourth-order valence-electron chi connectivity index (χ4n) is 5.71. The Labute approximate surface area is 215 Å². The maximum Gasteiger partial charge on any atom is 0.408 e. The molecule has 5 nitrogen and oxygen atoms in total. The van der Waals surface area contributed by atoms with Crippen LogP contribution in [0.4, 0.5) is 13.6 Å². The van der Waals surface area contributed by atoms with Gasteiger partial charge in [0.05, 0.1) is 11.2 Å². The van der Waals surface area contributed by atoms with Crippen molar-refractivity contribution in [3.05, 3.63) is 82.9 Å². The number of alkyl halides is 2. The number of carbonyl (C=O) groups excluding carboxylic acids is 1. The van der Waals surface area contributed by atoms with Gasteiger partial charge in [-0.1, -0.05) is 48.9 Å². The molecule has 0 saturated heterocycles. The van der Waals surface area contributed by atoms with Crippen LogP contribution in [0, 0.1) is 11.8 Å². The minimum Gasteiger partial charge on any atom is -0.474 e. The largest absolute Gasteiger partial charge is 0.474 e. The summed E-state index contributed by atoms with van der Waals surface area (Å²) in [6.45, 7) is 3.95. The molecular formula is C30H30F2N2O3. The van der Waals surface area contributed by atoms with E-state index in [2.05, 4.69) is 5.32 Å². The number of benzene rings is 2. The maximum atomic E-state index is 13.8. The molecule has 1 aromatic heterocycles. The lowest BCUT2D eigenvalue weighted by Gasteiger charge is -2.30. The molecule has 2 fully saturated rings. The number of nitrogens with zero attached hydrogens (tertiary/aromatic N) is 1. The second-order valence-electron chi connectivity index (χ2n) is 11.0. The van der Waals surface area contributed by atoms with Crippen LogP contribution < -0.4 is 10.1 Å². The van der Waals surface area contributed by atoms with E-state index in [-0.39, 0.29) is 24.7 Å². The van der Waals surface area contributed by atoms with Gasteiger partial charge in [-0.3, -0.25) is 0 Å². The Balaban J connectivity index is 1.25. The fourth-order valence-corrected chi connectivity index (χ4v) is 5.71. The molecule has 3 aliphatic carbocycles. The SMILES string of the molecule is CC(C)(NC(=O)OCc1ccccc1)c1cc(O[C@H]2[C@@H]3CCC[C@@H]32)nc(-c2ccc3c(c2)CC3(F)F)c1. The van der Waals surface area contributed by atoms with Gasteiger partial charge in [0, 0.05) is 35.4 Å². The zero-order chi connectivity index (χ0) is 25.8. The van der Waals surface area contributed by atoms with Crippen LogP contribution in [0.2, 0.25) is 0 Å². The first-order chi connectivity index (χ1) is 17.7. The monoisotopic (exact) mass is 504 g/mol. The molecule has 0 spiro atoms. The zero-order valence-electron chi connectivity index (χ0n) is 21.0. The number of fused-ring (bicyclic) bond motifs is 2. The number of hydrogen-bond donors (Lipinski definition) is 1. The predicted octanol–water partition coefficient (Wildman–Crippen LogP) is 6.74. The van der Waals surface area contributed by atoms with Crippen LogP contribution in [0.3, 0.4) is 0 Å². The van der Waals surface area contributed by atoms with E-state index in [9.17, 15) is 13.6 Å². The Hall–Kier alpha value is -3.48. The molecule has 3 aromatic rings. The zero-order valence-corrected chi connectivity index (χ0v) is 21.0. The van der Waals surface area contributed by atoms with Crippen molar-refractivity contribution in [1.29, 1.82) is 0 Å². The lowest BCUT2D eigenvalue weighted by molar-refractivity contribution is -0.0287. The quantitative estimate of drug-likeness (QED) is 0.387. The maximum absolute atomic E-state index is 13.8. The third-order valence-electron chi connectivity index (χ3n) is 7.94. The highest BCUT2D eigenvalue weighted by Crippen LogP contribution is 2.54. The molecule has 7 heteroatoms. The van der Waals surface area contributed by atoms with Gasteiger partial charge in [0.2, 0.25) is 5.88 Å². The molecule has 2 aromatic carbocycles. The summed E-state index contributed by atoms with van der Waals surface area (Å²) in [5.41, 5.74) is 2.99. The number of amides is 1. The Kier molecular flexibility index (Phi) is 5.70. The Morgan fingerprint density at radius 1 is 1.08 bits per heavy atom. The molecular weight excluding hydrogens is 474 g/mol. The number of nitrogens with one attached hydrogen (secondary N) is 1. The lowest BCUT2D eigenvalue weighted by atomic mass is 9.82. The normalized spacial score (nSPS) is 22.9. The highest BCUT2D eigenvalue weighted by Gasteiger charge is 2.55. The van der Waals surface area contributed by atoms with Gasteiger partial charge in [-0.25, -0.2) is 18.6 Å². The third-order valence-corrected chi connectivity index (χ3v) is 7.94. The number of alkyl carbamates (subject to hydrolysis) is 1. The molecule has 1 N–H and O–H groups in total. The van der Waals surface area contributed by atoms with Crippen LogP contribution in [0.25, 0.3) is 11.3 Å². The molecule has 1 amide bonds. The standard InChI is InChI=1S/C30H30F2N2O3/c1-29(2,34-28(35)36-17-18-7-4-3-5-8-18)21-14-25(19-11-12-24-20(13-19)16-30(24,31)32)33-26(15-21)37-27-22-9-6-10-23(22)27/h3-5,7-8,11-15,22-23,27H,6,9-10,16-17H2,1-2H3,(H,34,35)/t22-,23+,27+. The van der Waals surface area contributed by atoms with Crippen LogP contribution in [0.15, 0.2) is 60.7 Å². The molecule has 3 atom stereocenters. The minimum atomic E-state index is -2.76. The molecule has 0 radical (unpaired) electrons. The van der Waals surface area contributed by atoms with Gasteiger partial charge in [0.15, 0.2) is 0 Å². The highest BCUT2D eigenvalue weighted by atomic mass is 19.3. The summed E-state index contributed by atoms with van der Waals surface area (Å²) in [6, 6.07) is 18.2. The number of carbonyl (C=O) groups is 1. The molecule has 1 heterocycles. The Bertz CT molecular complexity index is 1330. The summed E-state index contributed by atoms with van der Waals surface area (Å²) < 4.78 is 39.4. The van der Waals surface area contributed by atoms with Gasteiger partial charge in [0.1, 0.15) is 12.7 Å². The number of halogens is 2. The van der Waals surface area contributed by atoms with E-state index in [1.165, 1.54) is 25.3 Å². The average Bonchev–Trinajstić information content (AvgIpc) is 3.26.